The summed E-state index contributed by atoms with van der Waals surface area (Å²) < 4.78 is 5.82. The van der Waals surface area contributed by atoms with E-state index < -0.39 is 0 Å². The molecule has 0 aliphatic carbocycles. The molecule has 3 heteroatoms. The van der Waals surface area contributed by atoms with E-state index >= 15 is 0 Å². The molecule has 0 spiro atoms. The maximum atomic E-state index is 5.82. The Kier molecular flexibility index (Phi) is 3.69. The number of aromatic nitrogens is 1. The van der Waals surface area contributed by atoms with Crippen molar-refractivity contribution in [2.45, 2.75) is 32.5 Å². The Balaban J connectivity index is 1.81. The number of hydrogen-bond acceptors (Lipinski definition) is 3. The Hall–Kier alpha value is -0.930. The van der Waals surface area contributed by atoms with Gasteiger partial charge in [0.05, 0.1) is 18.4 Å². The van der Waals surface area contributed by atoms with Crippen LogP contribution in [0.5, 0.6) is 0 Å². The van der Waals surface area contributed by atoms with E-state index in [0.717, 1.165) is 37.3 Å². The topological polar surface area (TPSA) is 34.1 Å². The molecule has 0 atom stereocenters. The second-order valence-corrected chi connectivity index (χ2v) is 4.03. The molecule has 1 aliphatic heterocycles. The predicted octanol–water partition coefficient (Wildman–Crippen LogP) is 1.66. The molecule has 1 aliphatic rings. The molecule has 3 nitrogen and oxygen atoms in total. The van der Waals surface area contributed by atoms with Crippen LogP contribution >= 0.6 is 0 Å². The summed E-state index contributed by atoms with van der Waals surface area (Å²) in [5, 5.41) is 3.33. The molecule has 1 fully saturated rings. The first-order valence-corrected chi connectivity index (χ1v) is 5.59. The van der Waals surface area contributed by atoms with Crippen molar-refractivity contribution >= 4 is 0 Å². The van der Waals surface area contributed by atoms with E-state index in [2.05, 4.69) is 10.3 Å². The molecule has 1 saturated heterocycles. The lowest BCUT2D eigenvalue weighted by Gasteiger charge is -2.22. The first kappa shape index (κ1) is 10.6. The number of rotatable bonds is 3. The third-order valence-electron chi connectivity index (χ3n) is 2.70. The summed E-state index contributed by atoms with van der Waals surface area (Å²) in [6, 6.07) is 6.06. The summed E-state index contributed by atoms with van der Waals surface area (Å²) in [5.41, 5.74) is 2.09. The molecule has 1 N–H and O–H groups in total. The molecule has 1 aromatic rings. The molecule has 0 saturated carbocycles. The first-order chi connectivity index (χ1) is 7.34. The zero-order valence-electron chi connectivity index (χ0n) is 9.20. The Morgan fingerprint density at radius 3 is 2.93 bits per heavy atom. The normalized spacial score (nSPS) is 17.9. The lowest BCUT2D eigenvalue weighted by atomic mass is 10.1. The Morgan fingerprint density at radius 2 is 2.20 bits per heavy atom. The van der Waals surface area contributed by atoms with Crippen LogP contribution in [-0.4, -0.2) is 24.2 Å². The maximum Gasteiger partial charge on any atom is 0.0891 e. The number of nitrogens with one attached hydrogen (secondary N) is 1. The van der Waals surface area contributed by atoms with E-state index in [-0.39, 0.29) is 0 Å². The second-order valence-electron chi connectivity index (χ2n) is 4.03. The van der Waals surface area contributed by atoms with Gasteiger partial charge in [-0.25, -0.2) is 0 Å². The van der Waals surface area contributed by atoms with Gasteiger partial charge in [0.15, 0.2) is 0 Å². The summed E-state index contributed by atoms with van der Waals surface area (Å²) >= 11 is 0. The highest BCUT2D eigenvalue weighted by Crippen LogP contribution is 2.10. The zero-order valence-corrected chi connectivity index (χ0v) is 9.20. The smallest absolute Gasteiger partial charge is 0.0891 e. The molecule has 0 radical (unpaired) electrons. The van der Waals surface area contributed by atoms with Gasteiger partial charge in [-0.2, -0.15) is 0 Å². The van der Waals surface area contributed by atoms with Crippen molar-refractivity contribution in [3.05, 3.63) is 29.6 Å². The summed E-state index contributed by atoms with van der Waals surface area (Å²) in [5.74, 6) is 0. The molecule has 0 aromatic carbocycles. The van der Waals surface area contributed by atoms with Crippen LogP contribution in [0.1, 0.15) is 24.2 Å². The number of pyridine rings is 1. The van der Waals surface area contributed by atoms with Crippen LogP contribution in [0.2, 0.25) is 0 Å². The molecule has 1 aromatic heterocycles. The fourth-order valence-electron chi connectivity index (χ4n) is 1.85. The highest BCUT2D eigenvalue weighted by atomic mass is 16.5. The Morgan fingerprint density at radius 1 is 1.40 bits per heavy atom. The number of aryl methyl sites for hydroxylation is 1. The average Bonchev–Trinajstić information content (AvgIpc) is 2.28. The summed E-state index contributed by atoms with van der Waals surface area (Å²) in [7, 11) is 0. The maximum absolute atomic E-state index is 5.82. The lowest BCUT2D eigenvalue weighted by molar-refractivity contribution is 0.0195. The molecular formula is C12H18N2O. The van der Waals surface area contributed by atoms with Gasteiger partial charge < -0.3 is 10.1 Å². The van der Waals surface area contributed by atoms with Crippen LogP contribution in [-0.2, 0) is 11.3 Å². The van der Waals surface area contributed by atoms with Gasteiger partial charge in [-0.3, -0.25) is 4.98 Å². The van der Waals surface area contributed by atoms with Crippen LogP contribution in [0.25, 0.3) is 0 Å². The monoisotopic (exact) mass is 206 g/mol. The SMILES string of the molecule is Cc1cccc(COC2CCNCC2)n1. The fraction of sp³-hybridized carbons (Fsp3) is 0.583. The molecule has 0 bridgehead atoms. The number of nitrogens with zero attached hydrogens (tertiary/aromatic N) is 1. The van der Waals surface area contributed by atoms with Gasteiger partial charge in [-0.15, -0.1) is 0 Å². The van der Waals surface area contributed by atoms with E-state index in [9.17, 15) is 0 Å². The molecule has 2 heterocycles. The summed E-state index contributed by atoms with van der Waals surface area (Å²) in [6.07, 6.45) is 2.64. The number of ether oxygens (including phenoxy) is 1. The minimum Gasteiger partial charge on any atom is -0.372 e. The van der Waals surface area contributed by atoms with Gasteiger partial charge in [0.1, 0.15) is 0 Å². The zero-order chi connectivity index (χ0) is 10.5. The molecule has 15 heavy (non-hydrogen) atoms. The van der Waals surface area contributed by atoms with Crippen molar-refractivity contribution in [1.29, 1.82) is 0 Å². The minimum atomic E-state index is 0.411. The van der Waals surface area contributed by atoms with Gasteiger partial charge >= 0.3 is 0 Å². The van der Waals surface area contributed by atoms with Gasteiger partial charge in [-0.05, 0) is 45.0 Å². The van der Waals surface area contributed by atoms with E-state index in [4.69, 9.17) is 4.74 Å². The van der Waals surface area contributed by atoms with E-state index in [1.165, 1.54) is 0 Å². The molecule has 82 valence electrons. The molecular weight excluding hydrogens is 188 g/mol. The van der Waals surface area contributed by atoms with Gasteiger partial charge in [-0.1, -0.05) is 6.07 Å². The Labute approximate surface area is 90.9 Å². The van der Waals surface area contributed by atoms with Crippen molar-refractivity contribution in [3.8, 4) is 0 Å². The van der Waals surface area contributed by atoms with Crippen LogP contribution in [0.4, 0.5) is 0 Å². The largest absolute Gasteiger partial charge is 0.372 e. The van der Waals surface area contributed by atoms with Crippen LogP contribution in [0.3, 0.4) is 0 Å². The van der Waals surface area contributed by atoms with E-state index in [1.807, 2.05) is 25.1 Å². The quantitative estimate of drug-likeness (QED) is 0.816. The van der Waals surface area contributed by atoms with E-state index in [0.29, 0.717) is 12.7 Å². The van der Waals surface area contributed by atoms with Gasteiger partial charge in [0.2, 0.25) is 0 Å². The molecule has 0 unspecified atom stereocenters. The van der Waals surface area contributed by atoms with Crippen molar-refractivity contribution in [3.63, 3.8) is 0 Å². The van der Waals surface area contributed by atoms with Gasteiger partial charge in [0.25, 0.3) is 0 Å². The molecule has 0 amide bonds. The fourth-order valence-corrected chi connectivity index (χ4v) is 1.85. The van der Waals surface area contributed by atoms with Crippen molar-refractivity contribution in [1.82, 2.24) is 10.3 Å². The van der Waals surface area contributed by atoms with Crippen molar-refractivity contribution < 1.29 is 4.74 Å². The highest BCUT2D eigenvalue weighted by Gasteiger charge is 2.13. The predicted molar refractivity (Wildman–Crippen MR) is 59.7 cm³/mol. The number of hydrogen-bond donors (Lipinski definition) is 1. The summed E-state index contributed by atoms with van der Waals surface area (Å²) in [6.45, 7) is 4.80. The van der Waals surface area contributed by atoms with Crippen LogP contribution in [0.15, 0.2) is 18.2 Å². The lowest BCUT2D eigenvalue weighted by Crippen LogP contribution is -2.32. The average molecular weight is 206 g/mol. The van der Waals surface area contributed by atoms with Gasteiger partial charge in [0, 0.05) is 5.69 Å². The standard InChI is InChI=1S/C12H18N2O/c1-10-3-2-4-11(14-10)9-15-12-5-7-13-8-6-12/h2-4,12-13H,5-9H2,1H3. The second kappa shape index (κ2) is 5.24. The van der Waals surface area contributed by atoms with Crippen LogP contribution < -0.4 is 5.32 Å². The Bertz CT molecular complexity index is 308. The third kappa shape index (κ3) is 3.29. The third-order valence-corrected chi connectivity index (χ3v) is 2.70. The minimum absolute atomic E-state index is 0.411. The first-order valence-electron chi connectivity index (χ1n) is 5.59. The molecule has 2 rings (SSSR count). The van der Waals surface area contributed by atoms with Crippen molar-refractivity contribution in [2.24, 2.45) is 0 Å². The summed E-state index contributed by atoms with van der Waals surface area (Å²) in [4.78, 5) is 4.42. The van der Waals surface area contributed by atoms with Crippen molar-refractivity contribution in [2.75, 3.05) is 13.1 Å². The van der Waals surface area contributed by atoms with E-state index in [1.54, 1.807) is 0 Å². The number of piperidine rings is 1. The highest BCUT2D eigenvalue weighted by molar-refractivity contribution is 5.08. The van der Waals surface area contributed by atoms with Crippen LogP contribution in [0, 0.1) is 6.92 Å².